The van der Waals surface area contributed by atoms with Crippen LogP contribution < -0.4 is 20.7 Å². The second kappa shape index (κ2) is 11.4. The van der Waals surface area contributed by atoms with E-state index < -0.39 is 12.3 Å². The van der Waals surface area contributed by atoms with Crippen molar-refractivity contribution in [1.29, 1.82) is 0 Å². The standard InChI is InChI=1S/C27H31ClF3N7O3/c1-3-40-24(39)19-14-26(15-33-19)7-10-37(11-8-26)21-13-22(35-25(32)34-21)41-23(27(29,30)31)18-5-4-17(28)12-20(18)38-9-6-16(2)36-38/h4-6,9,12-13,19,23,33H,3,7-8,10-11,14-15H2,1-2H3,(H2,32,34,35). The van der Waals surface area contributed by atoms with E-state index in [0.717, 1.165) is 12.8 Å². The molecule has 2 saturated heterocycles. The lowest BCUT2D eigenvalue weighted by Gasteiger charge is -2.39. The molecule has 0 radical (unpaired) electrons. The molecule has 4 heterocycles. The summed E-state index contributed by atoms with van der Waals surface area (Å²) in [6, 6.07) is 6.74. The Balaban J connectivity index is 1.36. The molecule has 3 aromatic rings. The zero-order valence-corrected chi connectivity index (χ0v) is 23.4. The number of benzene rings is 1. The third kappa shape index (κ3) is 6.35. The molecule has 0 saturated carbocycles. The van der Waals surface area contributed by atoms with E-state index in [2.05, 4.69) is 20.4 Å². The number of anilines is 2. The van der Waals surface area contributed by atoms with Gasteiger partial charge in [0.05, 0.1) is 18.0 Å². The van der Waals surface area contributed by atoms with E-state index in [9.17, 15) is 18.0 Å². The maximum absolute atomic E-state index is 14.4. The summed E-state index contributed by atoms with van der Waals surface area (Å²) in [4.78, 5) is 22.4. The molecule has 41 heavy (non-hydrogen) atoms. The van der Waals surface area contributed by atoms with Gasteiger partial charge in [0.25, 0.3) is 0 Å². The lowest BCUT2D eigenvalue weighted by atomic mass is 9.76. The van der Waals surface area contributed by atoms with Gasteiger partial charge in [-0.3, -0.25) is 4.79 Å². The molecule has 2 aromatic heterocycles. The molecule has 5 rings (SSSR count). The predicted octanol–water partition coefficient (Wildman–Crippen LogP) is 4.40. The third-order valence-electron chi connectivity index (χ3n) is 7.57. The molecule has 3 N–H and O–H groups in total. The predicted molar refractivity (Wildman–Crippen MR) is 146 cm³/mol. The van der Waals surface area contributed by atoms with Gasteiger partial charge in [0.1, 0.15) is 11.9 Å². The monoisotopic (exact) mass is 593 g/mol. The van der Waals surface area contributed by atoms with Crippen molar-refractivity contribution in [2.45, 2.75) is 51.4 Å². The van der Waals surface area contributed by atoms with Crippen molar-refractivity contribution in [2.24, 2.45) is 5.41 Å². The fraction of sp³-hybridized carbons (Fsp3) is 0.481. The number of rotatable bonds is 7. The summed E-state index contributed by atoms with van der Waals surface area (Å²) in [7, 11) is 0. The highest BCUT2D eigenvalue weighted by Gasteiger charge is 2.46. The third-order valence-corrected chi connectivity index (χ3v) is 7.80. The number of ether oxygens (including phenoxy) is 2. The van der Waals surface area contributed by atoms with Crippen LogP contribution in [-0.2, 0) is 9.53 Å². The minimum Gasteiger partial charge on any atom is -0.465 e. The van der Waals surface area contributed by atoms with E-state index in [1.807, 2.05) is 4.90 Å². The fourth-order valence-electron chi connectivity index (χ4n) is 5.48. The molecule has 1 spiro atoms. The van der Waals surface area contributed by atoms with Crippen LogP contribution in [0.25, 0.3) is 5.69 Å². The largest absolute Gasteiger partial charge is 0.465 e. The molecular weight excluding hydrogens is 563 g/mol. The first-order chi connectivity index (χ1) is 19.5. The van der Waals surface area contributed by atoms with E-state index in [4.69, 9.17) is 26.8 Å². The van der Waals surface area contributed by atoms with Crippen LogP contribution in [-0.4, -0.2) is 64.2 Å². The number of nitrogens with two attached hydrogens (primary N) is 1. The SMILES string of the molecule is CCOC(=O)C1CC2(CCN(c3cc(OC(c4ccc(Cl)cc4-n4ccc(C)n4)C(F)(F)F)nc(N)n3)CC2)CN1. The van der Waals surface area contributed by atoms with Gasteiger partial charge in [-0.25, -0.2) is 4.68 Å². The smallest absolute Gasteiger partial charge is 0.429 e. The average molecular weight is 594 g/mol. The average Bonchev–Trinajstić information content (AvgIpc) is 3.54. The van der Waals surface area contributed by atoms with E-state index >= 15 is 0 Å². The van der Waals surface area contributed by atoms with E-state index in [1.54, 1.807) is 26.1 Å². The number of carbonyl (C=O) groups excluding carboxylic acids is 1. The Bertz CT molecular complexity index is 1410. The summed E-state index contributed by atoms with van der Waals surface area (Å²) in [6.45, 7) is 5.68. The van der Waals surface area contributed by atoms with Crippen molar-refractivity contribution in [3.8, 4) is 11.6 Å². The van der Waals surface area contributed by atoms with Crippen LogP contribution in [0.4, 0.5) is 24.9 Å². The highest BCUT2D eigenvalue weighted by Crippen LogP contribution is 2.42. The Kier molecular flexibility index (Phi) is 8.02. The second-order valence-corrected chi connectivity index (χ2v) is 10.9. The molecule has 2 atom stereocenters. The molecule has 2 aliphatic rings. The number of piperidine rings is 1. The first kappa shape index (κ1) is 28.9. The van der Waals surface area contributed by atoms with Crippen molar-refractivity contribution in [2.75, 3.05) is 36.9 Å². The Morgan fingerprint density at radius 3 is 2.66 bits per heavy atom. The van der Waals surface area contributed by atoms with E-state index in [-0.39, 0.29) is 45.5 Å². The molecule has 0 aliphatic carbocycles. The number of nitrogen functional groups attached to an aromatic ring is 1. The zero-order chi connectivity index (χ0) is 29.4. The van der Waals surface area contributed by atoms with Crippen LogP contribution in [0.15, 0.2) is 36.5 Å². The zero-order valence-electron chi connectivity index (χ0n) is 22.6. The summed E-state index contributed by atoms with van der Waals surface area (Å²) in [5, 5.41) is 7.77. The van der Waals surface area contributed by atoms with Gasteiger partial charge in [0.2, 0.25) is 17.9 Å². The molecule has 14 heteroatoms. The number of esters is 1. The van der Waals surface area contributed by atoms with Gasteiger partial charge in [-0.05, 0) is 56.7 Å². The molecular formula is C27H31ClF3N7O3. The molecule has 2 aliphatic heterocycles. The van der Waals surface area contributed by atoms with Crippen molar-refractivity contribution in [3.63, 3.8) is 0 Å². The molecule has 10 nitrogen and oxygen atoms in total. The minimum absolute atomic E-state index is 0.0664. The van der Waals surface area contributed by atoms with Crippen LogP contribution in [0, 0.1) is 12.3 Å². The number of carbonyl (C=O) groups is 1. The molecule has 2 unspecified atom stereocenters. The maximum atomic E-state index is 14.4. The van der Waals surface area contributed by atoms with Gasteiger partial charge in [-0.15, -0.1) is 0 Å². The van der Waals surface area contributed by atoms with Crippen molar-refractivity contribution in [3.05, 3.63) is 52.8 Å². The van der Waals surface area contributed by atoms with Crippen LogP contribution in [0.2, 0.25) is 5.02 Å². The van der Waals surface area contributed by atoms with Gasteiger partial charge >= 0.3 is 12.1 Å². The molecule has 0 bridgehead atoms. The number of nitrogens with zero attached hydrogens (tertiary/aromatic N) is 5. The Morgan fingerprint density at radius 1 is 1.24 bits per heavy atom. The van der Waals surface area contributed by atoms with Crippen LogP contribution in [0.1, 0.15) is 43.5 Å². The normalized spacial score (nSPS) is 19.4. The highest BCUT2D eigenvalue weighted by molar-refractivity contribution is 6.30. The Morgan fingerprint density at radius 2 is 2.00 bits per heavy atom. The van der Waals surface area contributed by atoms with Gasteiger partial charge in [0, 0.05) is 42.5 Å². The molecule has 0 amide bonds. The maximum Gasteiger partial charge on any atom is 0.429 e. The van der Waals surface area contributed by atoms with Crippen molar-refractivity contribution in [1.82, 2.24) is 25.1 Å². The number of aromatic nitrogens is 4. The highest BCUT2D eigenvalue weighted by atomic mass is 35.5. The fourth-order valence-corrected chi connectivity index (χ4v) is 5.65. The van der Waals surface area contributed by atoms with Crippen molar-refractivity contribution < 1.29 is 27.4 Å². The van der Waals surface area contributed by atoms with Crippen LogP contribution >= 0.6 is 11.6 Å². The van der Waals surface area contributed by atoms with E-state index in [1.165, 1.54) is 28.9 Å². The number of halogens is 4. The number of nitrogens with one attached hydrogen (secondary N) is 1. The van der Waals surface area contributed by atoms with E-state index in [0.29, 0.717) is 44.2 Å². The number of hydrogen-bond acceptors (Lipinski definition) is 9. The molecule has 1 aromatic carbocycles. The van der Waals surface area contributed by atoms with Gasteiger partial charge in [0.15, 0.2) is 0 Å². The van der Waals surface area contributed by atoms with Gasteiger partial charge in [-0.1, -0.05) is 17.7 Å². The summed E-state index contributed by atoms with van der Waals surface area (Å²) in [5.41, 5.74) is 6.43. The lowest BCUT2D eigenvalue weighted by Crippen LogP contribution is -2.41. The lowest BCUT2D eigenvalue weighted by molar-refractivity contribution is -0.198. The number of hydrogen-bond donors (Lipinski definition) is 2. The first-order valence-corrected chi connectivity index (χ1v) is 13.7. The topological polar surface area (TPSA) is 120 Å². The molecule has 220 valence electrons. The first-order valence-electron chi connectivity index (χ1n) is 13.3. The Hall–Kier alpha value is -3.58. The number of alkyl halides is 3. The minimum atomic E-state index is -4.80. The van der Waals surface area contributed by atoms with Gasteiger partial charge < -0.3 is 25.4 Å². The van der Waals surface area contributed by atoms with Crippen molar-refractivity contribution >= 4 is 29.3 Å². The number of aryl methyl sites for hydroxylation is 1. The summed E-state index contributed by atoms with van der Waals surface area (Å²) >= 11 is 6.13. The van der Waals surface area contributed by atoms with Crippen LogP contribution in [0.5, 0.6) is 5.88 Å². The summed E-state index contributed by atoms with van der Waals surface area (Å²) in [6.07, 6.45) is -3.43. The summed E-state index contributed by atoms with van der Waals surface area (Å²) < 4.78 is 55.3. The van der Waals surface area contributed by atoms with Crippen LogP contribution in [0.3, 0.4) is 0 Å². The Labute approximate surface area is 240 Å². The van der Waals surface area contributed by atoms with Gasteiger partial charge in [-0.2, -0.15) is 28.2 Å². The quantitative estimate of drug-likeness (QED) is 0.384. The summed E-state index contributed by atoms with van der Waals surface area (Å²) in [5.74, 6) is -0.390. The molecule has 2 fully saturated rings. The second-order valence-electron chi connectivity index (χ2n) is 10.4.